The van der Waals surface area contributed by atoms with Gasteiger partial charge in [-0.3, -0.25) is 0 Å². The number of amides is 2. The molecule has 35 heavy (non-hydrogen) atoms. The molecule has 0 spiro atoms. The normalized spacial score (nSPS) is 14.2. The molecular weight excluding hydrogens is 449 g/mol. The third kappa shape index (κ3) is 4.62. The maximum atomic E-state index is 13.9. The van der Waals surface area contributed by atoms with Crippen LogP contribution in [0.3, 0.4) is 0 Å². The first-order valence-corrected chi connectivity index (χ1v) is 11.7. The van der Waals surface area contributed by atoms with E-state index in [1.807, 2.05) is 22.7 Å². The van der Waals surface area contributed by atoms with Gasteiger partial charge < -0.3 is 24.3 Å². The number of nitrogens with zero attached hydrogens (tertiary/aromatic N) is 4. The number of hydrogen-bond acceptors (Lipinski definition) is 5. The van der Waals surface area contributed by atoms with Crippen LogP contribution in [0.25, 0.3) is 16.6 Å². The predicted octanol–water partition coefficient (Wildman–Crippen LogP) is 4.55. The SMILES string of the molecule is CCOC(=O)c1ccc(NC(=O)N2CCCN(c3nc4cc(F)ccc4n4cccc34)CC2)cc1. The zero-order valence-electron chi connectivity index (χ0n) is 19.4. The predicted molar refractivity (Wildman–Crippen MR) is 132 cm³/mol. The number of urea groups is 1. The molecule has 2 aromatic carbocycles. The number of halogens is 1. The van der Waals surface area contributed by atoms with Gasteiger partial charge in [0, 0.05) is 44.1 Å². The smallest absolute Gasteiger partial charge is 0.338 e. The van der Waals surface area contributed by atoms with Crippen LogP contribution < -0.4 is 10.2 Å². The Kier molecular flexibility index (Phi) is 6.22. The highest BCUT2D eigenvalue weighted by molar-refractivity contribution is 5.92. The number of rotatable bonds is 4. The molecule has 9 heteroatoms. The van der Waals surface area contributed by atoms with Crippen molar-refractivity contribution in [2.24, 2.45) is 0 Å². The van der Waals surface area contributed by atoms with Gasteiger partial charge in [0.1, 0.15) is 5.82 Å². The van der Waals surface area contributed by atoms with Gasteiger partial charge in [-0.1, -0.05) is 0 Å². The van der Waals surface area contributed by atoms with Crippen molar-refractivity contribution in [3.05, 3.63) is 72.2 Å². The van der Waals surface area contributed by atoms with Gasteiger partial charge in [-0.15, -0.1) is 0 Å². The molecule has 180 valence electrons. The number of anilines is 2. The van der Waals surface area contributed by atoms with Crippen molar-refractivity contribution < 1.29 is 18.7 Å². The third-order valence-electron chi connectivity index (χ3n) is 6.13. The molecule has 0 unspecified atom stereocenters. The third-order valence-corrected chi connectivity index (χ3v) is 6.13. The summed E-state index contributed by atoms with van der Waals surface area (Å²) >= 11 is 0. The second-order valence-electron chi connectivity index (χ2n) is 8.39. The van der Waals surface area contributed by atoms with Gasteiger partial charge >= 0.3 is 12.0 Å². The lowest BCUT2D eigenvalue weighted by atomic mass is 10.2. The summed E-state index contributed by atoms with van der Waals surface area (Å²) in [6, 6.07) is 15.0. The van der Waals surface area contributed by atoms with Crippen molar-refractivity contribution >= 4 is 40.1 Å². The van der Waals surface area contributed by atoms with E-state index in [0.717, 1.165) is 29.8 Å². The summed E-state index contributed by atoms with van der Waals surface area (Å²) < 4.78 is 20.9. The van der Waals surface area contributed by atoms with E-state index in [9.17, 15) is 14.0 Å². The van der Waals surface area contributed by atoms with E-state index in [4.69, 9.17) is 9.72 Å². The van der Waals surface area contributed by atoms with Crippen molar-refractivity contribution in [1.29, 1.82) is 0 Å². The molecule has 5 rings (SSSR count). The van der Waals surface area contributed by atoms with Crippen LogP contribution in [-0.2, 0) is 4.74 Å². The molecule has 1 aliphatic heterocycles. The Morgan fingerprint density at radius 1 is 1.03 bits per heavy atom. The van der Waals surface area contributed by atoms with E-state index in [1.165, 1.54) is 12.1 Å². The van der Waals surface area contributed by atoms with E-state index in [-0.39, 0.29) is 17.8 Å². The Morgan fingerprint density at radius 3 is 2.66 bits per heavy atom. The Labute approximate surface area is 201 Å². The molecule has 0 aliphatic carbocycles. The van der Waals surface area contributed by atoms with Crippen LogP contribution in [0.5, 0.6) is 0 Å². The lowest BCUT2D eigenvalue weighted by Crippen LogP contribution is -2.38. The van der Waals surface area contributed by atoms with Crippen LogP contribution in [0.1, 0.15) is 23.7 Å². The van der Waals surface area contributed by atoms with Crippen molar-refractivity contribution in [1.82, 2.24) is 14.3 Å². The minimum atomic E-state index is -0.389. The summed E-state index contributed by atoms with van der Waals surface area (Å²) in [5, 5.41) is 2.90. The van der Waals surface area contributed by atoms with E-state index >= 15 is 0 Å². The van der Waals surface area contributed by atoms with E-state index in [1.54, 1.807) is 42.2 Å². The molecule has 1 aliphatic rings. The Bertz CT molecular complexity index is 1390. The number of hydrogen-bond donors (Lipinski definition) is 1. The summed E-state index contributed by atoms with van der Waals surface area (Å²) in [6.07, 6.45) is 2.72. The highest BCUT2D eigenvalue weighted by atomic mass is 19.1. The number of carbonyl (C=O) groups is 2. The molecular formula is C26H26FN5O3. The fourth-order valence-electron chi connectivity index (χ4n) is 4.41. The molecule has 0 saturated carbocycles. The van der Waals surface area contributed by atoms with Crippen molar-refractivity contribution in [2.75, 3.05) is 43.0 Å². The Morgan fingerprint density at radius 2 is 1.86 bits per heavy atom. The second kappa shape index (κ2) is 9.61. The summed E-state index contributed by atoms with van der Waals surface area (Å²) in [4.78, 5) is 33.4. The summed E-state index contributed by atoms with van der Waals surface area (Å²) in [6.45, 7) is 4.51. The van der Waals surface area contributed by atoms with Crippen LogP contribution >= 0.6 is 0 Å². The molecule has 0 radical (unpaired) electrons. The fraction of sp³-hybridized carbons (Fsp3) is 0.269. The zero-order valence-corrected chi connectivity index (χ0v) is 19.4. The first-order chi connectivity index (χ1) is 17.0. The lowest BCUT2D eigenvalue weighted by Gasteiger charge is -2.24. The van der Waals surface area contributed by atoms with Gasteiger partial charge in [0.25, 0.3) is 0 Å². The number of nitrogens with one attached hydrogen (secondary N) is 1. The van der Waals surface area contributed by atoms with Crippen molar-refractivity contribution in [3.63, 3.8) is 0 Å². The number of fused-ring (bicyclic) bond motifs is 3. The molecule has 8 nitrogen and oxygen atoms in total. The summed E-state index contributed by atoms with van der Waals surface area (Å²) in [5.41, 5.74) is 3.43. The number of carbonyl (C=O) groups excluding carboxylic acids is 2. The topological polar surface area (TPSA) is 79.2 Å². The monoisotopic (exact) mass is 475 g/mol. The van der Waals surface area contributed by atoms with Crippen LogP contribution in [0.15, 0.2) is 60.8 Å². The Hall–Kier alpha value is -4.14. The van der Waals surface area contributed by atoms with Crippen molar-refractivity contribution in [2.45, 2.75) is 13.3 Å². The maximum Gasteiger partial charge on any atom is 0.338 e. The molecule has 2 amide bonds. The fourth-order valence-corrected chi connectivity index (χ4v) is 4.41. The summed E-state index contributed by atoms with van der Waals surface area (Å²) in [7, 11) is 0. The van der Waals surface area contributed by atoms with E-state index < -0.39 is 0 Å². The molecule has 1 N–H and O–H groups in total. The highest BCUT2D eigenvalue weighted by Gasteiger charge is 2.22. The standard InChI is InChI=1S/C26H26FN5O3/c1-2-35-25(33)18-6-9-20(10-7-18)28-26(34)31-13-4-12-30(15-16-31)24-23-5-3-14-32(23)22-11-8-19(27)17-21(22)29-24/h3,5-11,14,17H,2,4,12-13,15-16H2,1H3,(H,28,34). The van der Waals surface area contributed by atoms with Crippen LogP contribution in [0.2, 0.25) is 0 Å². The molecule has 1 saturated heterocycles. The molecule has 1 fully saturated rings. The zero-order chi connectivity index (χ0) is 24.4. The van der Waals surface area contributed by atoms with E-state index in [2.05, 4.69) is 10.2 Å². The first-order valence-electron chi connectivity index (χ1n) is 11.7. The molecule has 0 bridgehead atoms. The number of benzene rings is 2. The number of ether oxygens (including phenoxy) is 1. The van der Waals surface area contributed by atoms with Gasteiger partial charge in [0.2, 0.25) is 0 Å². The highest BCUT2D eigenvalue weighted by Crippen LogP contribution is 2.27. The van der Waals surface area contributed by atoms with Gasteiger partial charge in [-0.25, -0.2) is 19.0 Å². The molecule has 4 aromatic rings. The Balaban J connectivity index is 1.29. The number of aromatic nitrogens is 2. The quantitative estimate of drug-likeness (QED) is 0.438. The minimum Gasteiger partial charge on any atom is -0.462 e. The molecule has 0 atom stereocenters. The minimum absolute atomic E-state index is 0.197. The average Bonchev–Trinajstić information content (AvgIpc) is 3.21. The largest absolute Gasteiger partial charge is 0.462 e. The van der Waals surface area contributed by atoms with Crippen molar-refractivity contribution in [3.8, 4) is 0 Å². The molecule has 2 aromatic heterocycles. The first kappa shape index (κ1) is 22.6. The summed E-state index contributed by atoms with van der Waals surface area (Å²) in [5.74, 6) is 0.0708. The average molecular weight is 476 g/mol. The van der Waals surface area contributed by atoms with Crippen LogP contribution in [0, 0.1) is 5.82 Å². The maximum absolute atomic E-state index is 13.9. The lowest BCUT2D eigenvalue weighted by molar-refractivity contribution is 0.0526. The number of esters is 1. The van der Waals surface area contributed by atoms with Gasteiger partial charge in [0.15, 0.2) is 5.82 Å². The van der Waals surface area contributed by atoms with E-state index in [0.29, 0.717) is 43.0 Å². The van der Waals surface area contributed by atoms with Gasteiger partial charge in [-0.2, -0.15) is 0 Å². The second-order valence-corrected chi connectivity index (χ2v) is 8.39. The van der Waals surface area contributed by atoms with Gasteiger partial charge in [-0.05, 0) is 61.9 Å². The van der Waals surface area contributed by atoms with Gasteiger partial charge in [0.05, 0.1) is 28.7 Å². The van der Waals surface area contributed by atoms with Crippen LogP contribution in [0.4, 0.5) is 20.7 Å². The molecule has 3 heterocycles. The van der Waals surface area contributed by atoms with Crippen LogP contribution in [-0.4, -0.2) is 59.1 Å².